The number of urea groups is 1. The standard InChI is InChI=1S/C14H11N3O4/c18-11-4-6-17(14(21)16-11)12-10-7-9(13(19)20)2-1-8(10)3-5-15-12/h1-3,5,7H,4,6H2,(H,19,20)(H,16,18,21). The van der Waals surface area contributed by atoms with Crippen LogP contribution in [-0.2, 0) is 4.79 Å². The summed E-state index contributed by atoms with van der Waals surface area (Å²) in [4.78, 5) is 39.7. The number of imide groups is 1. The van der Waals surface area contributed by atoms with Gasteiger partial charge in [-0.1, -0.05) is 6.07 Å². The molecule has 3 amide bonds. The number of hydrogen-bond donors (Lipinski definition) is 2. The Kier molecular flexibility index (Phi) is 3.02. The van der Waals surface area contributed by atoms with Gasteiger partial charge in [0.05, 0.1) is 5.56 Å². The molecule has 2 heterocycles. The molecule has 1 aromatic carbocycles. The average molecular weight is 285 g/mol. The quantitative estimate of drug-likeness (QED) is 0.868. The van der Waals surface area contributed by atoms with Crippen molar-refractivity contribution in [3.63, 3.8) is 0 Å². The zero-order chi connectivity index (χ0) is 15.0. The molecule has 1 aliphatic rings. The largest absolute Gasteiger partial charge is 0.478 e. The number of nitrogens with zero attached hydrogens (tertiary/aromatic N) is 2. The zero-order valence-electron chi connectivity index (χ0n) is 10.9. The highest BCUT2D eigenvalue weighted by Gasteiger charge is 2.26. The molecule has 2 N–H and O–H groups in total. The molecule has 3 rings (SSSR count). The lowest BCUT2D eigenvalue weighted by Crippen LogP contribution is -2.50. The summed E-state index contributed by atoms with van der Waals surface area (Å²) in [7, 11) is 0. The Morgan fingerprint density at radius 2 is 2.10 bits per heavy atom. The number of pyridine rings is 1. The van der Waals surface area contributed by atoms with E-state index in [1.54, 1.807) is 18.3 Å². The van der Waals surface area contributed by atoms with Crippen molar-refractivity contribution in [1.29, 1.82) is 0 Å². The smallest absolute Gasteiger partial charge is 0.335 e. The Balaban J connectivity index is 2.13. The number of rotatable bonds is 2. The number of anilines is 1. The molecule has 0 saturated carbocycles. The Labute approximate surface area is 119 Å². The van der Waals surface area contributed by atoms with Gasteiger partial charge < -0.3 is 5.11 Å². The monoisotopic (exact) mass is 285 g/mol. The van der Waals surface area contributed by atoms with E-state index in [-0.39, 0.29) is 24.4 Å². The van der Waals surface area contributed by atoms with Crippen molar-refractivity contribution >= 4 is 34.5 Å². The number of carboxylic acid groups (broad SMARTS) is 1. The number of nitrogens with one attached hydrogen (secondary N) is 1. The molecule has 0 aliphatic carbocycles. The molecule has 1 aliphatic heterocycles. The molecule has 0 radical (unpaired) electrons. The Bertz CT molecular complexity index is 772. The minimum absolute atomic E-state index is 0.116. The molecule has 7 nitrogen and oxygen atoms in total. The topological polar surface area (TPSA) is 99.6 Å². The summed E-state index contributed by atoms with van der Waals surface area (Å²) >= 11 is 0. The Morgan fingerprint density at radius 3 is 2.81 bits per heavy atom. The third-order valence-electron chi connectivity index (χ3n) is 3.30. The number of amides is 3. The highest BCUT2D eigenvalue weighted by molar-refractivity contribution is 6.09. The fraction of sp³-hybridized carbons (Fsp3) is 0.143. The number of benzene rings is 1. The molecule has 1 saturated heterocycles. The normalized spacial score (nSPS) is 15.1. The second-order valence-electron chi connectivity index (χ2n) is 4.63. The van der Waals surface area contributed by atoms with Gasteiger partial charge in [-0.3, -0.25) is 15.0 Å². The van der Waals surface area contributed by atoms with Crippen molar-refractivity contribution in [3.8, 4) is 0 Å². The maximum atomic E-state index is 11.9. The van der Waals surface area contributed by atoms with Crippen LogP contribution in [0.2, 0.25) is 0 Å². The predicted octanol–water partition coefficient (Wildman–Crippen LogP) is 1.38. The van der Waals surface area contributed by atoms with Crippen molar-refractivity contribution in [2.75, 3.05) is 11.4 Å². The number of carbonyl (C=O) groups excluding carboxylic acids is 2. The van der Waals surface area contributed by atoms with Gasteiger partial charge in [0.2, 0.25) is 5.91 Å². The number of carboxylic acids is 1. The molecular formula is C14H11N3O4. The molecule has 0 atom stereocenters. The van der Waals surface area contributed by atoms with Crippen LogP contribution in [0.4, 0.5) is 10.6 Å². The molecule has 1 fully saturated rings. The summed E-state index contributed by atoms with van der Waals surface area (Å²) in [5.41, 5.74) is 0.116. The van der Waals surface area contributed by atoms with Crippen LogP contribution in [0.3, 0.4) is 0 Å². The maximum absolute atomic E-state index is 11.9. The molecule has 0 unspecified atom stereocenters. The number of aromatic nitrogens is 1. The predicted molar refractivity (Wildman–Crippen MR) is 74.2 cm³/mol. The molecule has 0 bridgehead atoms. The fourth-order valence-corrected chi connectivity index (χ4v) is 2.27. The van der Waals surface area contributed by atoms with Crippen LogP contribution in [0, 0.1) is 0 Å². The van der Waals surface area contributed by atoms with Gasteiger partial charge in [-0.05, 0) is 23.6 Å². The van der Waals surface area contributed by atoms with Gasteiger partial charge in [-0.2, -0.15) is 0 Å². The molecule has 1 aromatic heterocycles. The molecular weight excluding hydrogens is 274 g/mol. The summed E-state index contributed by atoms with van der Waals surface area (Å²) in [5, 5.41) is 12.6. The van der Waals surface area contributed by atoms with Crippen LogP contribution in [0.15, 0.2) is 30.5 Å². The first kappa shape index (κ1) is 13.0. The Hall–Kier alpha value is -2.96. The van der Waals surface area contributed by atoms with Crippen LogP contribution in [0.1, 0.15) is 16.8 Å². The van der Waals surface area contributed by atoms with Gasteiger partial charge in [0.1, 0.15) is 5.82 Å². The lowest BCUT2D eigenvalue weighted by molar-refractivity contribution is -0.120. The number of aromatic carboxylic acids is 1. The van der Waals surface area contributed by atoms with E-state index >= 15 is 0 Å². The van der Waals surface area contributed by atoms with Crippen LogP contribution >= 0.6 is 0 Å². The Morgan fingerprint density at radius 1 is 1.29 bits per heavy atom. The number of hydrogen-bond acceptors (Lipinski definition) is 4. The molecule has 106 valence electrons. The second-order valence-corrected chi connectivity index (χ2v) is 4.63. The molecule has 21 heavy (non-hydrogen) atoms. The third-order valence-corrected chi connectivity index (χ3v) is 3.30. The summed E-state index contributed by atoms with van der Waals surface area (Å²) in [6.07, 6.45) is 1.73. The summed E-state index contributed by atoms with van der Waals surface area (Å²) in [6.45, 7) is 0.216. The minimum Gasteiger partial charge on any atom is -0.478 e. The summed E-state index contributed by atoms with van der Waals surface area (Å²) in [5.74, 6) is -1.03. The first-order valence-corrected chi connectivity index (χ1v) is 6.29. The molecule has 2 aromatic rings. The minimum atomic E-state index is -1.05. The van der Waals surface area contributed by atoms with E-state index in [9.17, 15) is 14.4 Å². The third kappa shape index (κ3) is 2.29. The SMILES string of the molecule is O=C1CCN(c2nccc3ccc(C(=O)O)cc23)C(=O)N1. The van der Waals surface area contributed by atoms with Crippen molar-refractivity contribution in [2.24, 2.45) is 0 Å². The van der Waals surface area contributed by atoms with Crippen LogP contribution in [0.5, 0.6) is 0 Å². The summed E-state index contributed by atoms with van der Waals surface area (Å²) in [6, 6.07) is 5.82. The van der Waals surface area contributed by atoms with Crippen molar-refractivity contribution in [3.05, 3.63) is 36.0 Å². The van der Waals surface area contributed by atoms with Gasteiger partial charge in [0.15, 0.2) is 0 Å². The van der Waals surface area contributed by atoms with E-state index in [0.29, 0.717) is 11.2 Å². The van der Waals surface area contributed by atoms with Crippen molar-refractivity contribution in [2.45, 2.75) is 6.42 Å². The average Bonchev–Trinajstić information content (AvgIpc) is 2.46. The number of fused-ring (bicyclic) bond motifs is 1. The van der Waals surface area contributed by atoms with Crippen LogP contribution in [0.25, 0.3) is 10.8 Å². The van der Waals surface area contributed by atoms with Gasteiger partial charge >= 0.3 is 12.0 Å². The molecule has 7 heteroatoms. The maximum Gasteiger partial charge on any atom is 0.335 e. The second kappa shape index (κ2) is 4.86. The van der Waals surface area contributed by atoms with Gasteiger partial charge in [0, 0.05) is 24.5 Å². The highest BCUT2D eigenvalue weighted by Crippen LogP contribution is 2.26. The van der Waals surface area contributed by atoms with E-state index in [1.807, 2.05) is 0 Å². The van der Waals surface area contributed by atoms with Crippen LogP contribution < -0.4 is 10.2 Å². The van der Waals surface area contributed by atoms with E-state index in [4.69, 9.17) is 5.11 Å². The van der Waals surface area contributed by atoms with Crippen molar-refractivity contribution in [1.82, 2.24) is 10.3 Å². The molecule has 0 spiro atoms. The summed E-state index contributed by atoms with van der Waals surface area (Å²) < 4.78 is 0. The van der Waals surface area contributed by atoms with Gasteiger partial charge in [0.25, 0.3) is 0 Å². The van der Waals surface area contributed by atoms with E-state index in [1.165, 1.54) is 17.0 Å². The number of carbonyl (C=O) groups is 3. The lowest BCUT2D eigenvalue weighted by atomic mass is 10.1. The first-order chi connectivity index (χ1) is 10.1. The lowest BCUT2D eigenvalue weighted by Gasteiger charge is -2.26. The van der Waals surface area contributed by atoms with Gasteiger partial charge in [-0.15, -0.1) is 0 Å². The van der Waals surface area contributed by atoms with Crippen LogP contribution in [-0.4, -0.2) is 34.5 Å². The fourth-order valence-electron chi connectivity index (χ4n) is 2.27. The van der Waals surface area contributed by atoms with E-state index < -0.39 is 12.0 Å². The first-order valence-electron chi connectivity index (χ1n) is 6.29. The highest BCUT2D eigenvalue weighted by atomic mass is 16.4. The van der Waals surface area contributed by atoms with E-state index in [2.05, 4.69) is 10.3 Å². The van der Waals surface area contributed by atoms with Crippen molar-refractivity contribution < 1.29 is 19.5 Å². The van der Waals surface area contributed by atoms with Gasteiger partial charge in [-0.25, -0.2) is 14.6 Å². The van der Waals surface area contributed by atoms with E-state index in [0.717, 1.165) is 5.39 Å². The zero-order valence-corrected chi connectivity index (χ0v) is 10.9.